The van der Waals surface area contributed by atoms with Crippen LogP contribution in [0.5, 0.6) is 0 Å². The lowest BCUT2D eigenvalue weighted by Gasteiger charge is -2.22. The van der Waals surface area contributed by atoms with Crippen LogP contribution in [0.2, 0.25) is 0 Å². The first-order valence-corrected chi connectivity index (χ1v) is 8.47. The molecule has 1 heterocycles. The number of aliphatic imine (C=N–C) groups is 1. The van der Waals surface area contributed by atoms with Gasteiger partial charge < -0.3 is 19.7 Å². The van der Waals surface area contributed by atoms with Crippen LogP contribution in [0.25, 0.3) is 0 Å². The first-order chi connectivity index (χ1) is 11.7. The largest absolute Gasteiger partial charge is 0.381 e. The van der Waals surface area contributed by atoms with Gasteiger partial charge in [-0.1, -0.05) is 6.07 Å². The zero-order valence-corrected chi connectivity index (χ0v) is 17.6. The van der Waals surface area contributed by atoms with Crippen molar-refractivity contribution in [1.29, 1.82) is 0 Å². The molecule has 0 amide bonds. The fourth-order valence-electron chi connectivity index (χ4n) is 2.96. The highest BCUT2D eigenvalue weighted by atomic mass is 127. The number of ether oxygens (including phenoxy) is 2. The van der Waals surface area contributed by atoms with E-state index in [2.05, 4.69) is 15.2 Å². The quantitative estimate of drug-likeness (QED) is 0.382. The molecule has 1 aromatic carbocycles. The first kappa shape index (κ1) is 22.1. The van der Waals surface area contributed by atoms with E-state index in [4.69, 9.17) is 9.47 Å². The van der Waals surface area contributed by atoms with E-state index in [0.717, 1.165) is 44.2 Å². The molecule has 5 nitrogen and oxygen atoms in total. The molecule has 7 heteroatoms. The van der Waals surface area contributed by atoms with Gasteiger partial charge in [0, 0.05) is 51.9 Å². The molecular formula is C18H29FIN3O2. The minimum atomic E-state index is -0.233. The van der Waals surface area contributed by atoms with Crippen molar-refractivity contribution in [1.82, 2.24) is 10.2 Å². The van der Waals surface area contributed by atoms with Gasteiger partial charge in [0.15, 0.2) is 5.96 Å². The molecule has 1 aromatic rings. The van der Waals surface area contributed by atoms with Crippen LogP contribution >= 0.6 is 24.0 Å². The summed E-state index contributed by atoms with van der Waals surface area (Å²) in [6.45, 7) is 6.41. The SMILES string of the molecule is CCOCC1CCN(C(=NC)NCc2ccc(F)c(COC)c2)C1.I. The maximum absolute atomic E-state index is 13.7. The maximum Gasteiger partial charge on any atom is 0.193 e. The normalized spacial score (nSPS) is 17.5. The molecule has 1 atom stereocenters. The topological polar surface area (TPSA) is 46.1 Å². The van der Waals surface area contributed by atoms with E-state index in [-0.39, 0.29) is 36.4 Å². The van der Waals surface area contributed by atoms with Crippen LogP contribution in [-0.4, -0.2) is 51.3 Å². The molecule has 1 aliphatic heterocycles. The molecule has 1 N–H and O–H groups in total. The van der Waals surface area contributed by atoms with Crippen molar-refractivity contribution in [2.24, 2.45) is 10.9 Å². The maximum atomic E-state index is 13.7. The third kappa shape index (κ3) is 6.71. The summed E-state index contributed by atoms with van der Waals surface area (Å²) in [5, 5.41) is 3.36. The van der Waals surface area contributed by atoms with Crippen molar-refractivity contribution >= 4 is 29.9 Å². The number of benzene rings is 1. The number of hydrogen-bond acceptors (Lipinski definition) is 3. The van der Waals surface area contributed by atoms with Crippen molar-refractivity contribution < 1.29 is 13.9 Å². The molecule has 1 fully saturated rings. The summed E-state index contributed by atoms with van der Waals surface area (Å²) in [5.41, 5.74) is 1.58. The molecule has 0 spiro atoms. The monoisotopic (exact) mass is 465 g/mol. The Balaban J connectivity index is 0.00000312. The minimum absolute atomic E-state index is 0. The number of nitrogens with one attached hydrogen (secondary N) is 1. The van der Waals surface area contributed by atoms with Gasteiger partial charge in [0.2, 0.25) is 0 Å². The summed E-state index contributed by atoms with van der Waals surface area (Å²) in [4.78, 5) is 6.62. The van der Waals surface area contributed by atoms with Crippen molar-refractivity contribution in [3.05, 3.63) is 35.1 Å². The van der Waals surface area contributed by atoms with Gasteiger partial charge in [-0.15, -0.1) is 24.0 Å². The number of rotatable bonds is 7. The predicted octanol–water partition coefficient (Wildman–Crippen LogP) is 3.02. The molecule has 0 radical (unpaired) electrons. The summed E-state index contributed by atoms with van der Waals surface area (Å²) in [5.74, 6) is 1.21. The highest BCUT2D eigenvalue weighted by Gasteiger charge is 2.24. The van der Waals surface area contributed by atoms with Gasteiger partial charge >= 0.3 is 0 Å². The van der Waals surface area contributed by atoms with Gasteiger partial charge in [0.1, 0.15) is 5.82 Å². The Labute approximate surface area is 167 Å². The lowest BCUT2D eigenvalue weighted by Crippen LogP contribution is -2.39. The molecule has 0 saturated carbocycles. The molecule has 1 saturated heterocycles. The number of likely N-dealkylation sites (tertiary alicyclic amines) is 1. The number of hydrogen-bond donors (Lipinski definition) is 1. The Morgan fingerprint density at radius 3 is 2.92 bits per heavy atom. The van der Waals surface area contributed by atoms with E-state index < -0.39 is 0 Å². The van der Waals surface area contributed by atoms with Crippen molar-refractivity contribution in [3.8, 4) is 0 Å². The van der Waals surface area contributed by atoms with Crippen LogP contribution in [0, 0.1) is 11.7 Å². The first-order valence-electron chi connectivity index (χ1n) is 8.47. The smallest absolute Gasteiger partial charge is 0.193 e. The third-order valence-electron chi connectivity index (χ3n) is 4.22. The van der Waals surface area contributed by atoms with E-state index >= 15 is 0 Å². The number of guanidine groups is 1. The summed E-state index contributed by atoms with van der Waals surface area (Å²) < 4.78 is 24.2. The lowest BCUT2D eigenvalue weighted by atomic mass is 10.1. The van der Waals surface area contributed by atoms with Gasteiger partial charge in [-0.05, 0) is 31.0 Å². The average Bonchev–Trinajstić information content (AvgIpc) is 3.05. The van der Waals surface area contributed by atoms with Crippen LogP contribution in [0.3, 0.4) is 0 Å². The van der Waals surface area contributed by atoms with E-state index in [9.17, 15) is 4.39 Å². The zero-order valence-electron chi connectivity index (χ0n) is 15.3. The summed E-state index contributed by atoms with van der Waals surface area (Å²) >= 11 is 0. The van der Waals surface area contributed by atoms with Gasteiger partial charge in [0.05, 0.1) is 13.2 Å². The Morgan fingerprint density at radius 2 is 2.24 bits per heavy atom. The van der Waals surface area contributed by atoms with Gasteiger partial charge in [-0.25, -0.2) is 4.39 Å². The molecule has 2 rings (SSSR count). The van der Waals surface area contributed by atoms with Gasteiger partial charge in [-0.3, -0.25) is 4.99 Å². The highest BCUT2D eigenvalue weighted by molar-refractivity contribution is 14.0. The standard InChI is InChI=1S/C18H28FN3O2.HI/c1-4-24-12-15-7-8-22(11-15)18(20-2)21-10-14-5-6-17(19)16(9-14)13-23-3;/h5-6,9,15H,4,7-8,10-13H2,1-3H3,(H,20,21);1H. The number of halogens is 2. The van der Waals surface area contributed by atoms with Crippen LogP contribution in [0.1, 0.15) is 24.5 Å². The Bertz CT molecular complexity index is 557. The highest BCUT2D eigenvalue weighted by Crippen LogP contribution is 2.17. The number of nitrogens with zero attached hydrogens (tertiary/aromatic N) is 2. The summed E-state index contributed by atoms with van der Waals surface area (Å²) in [6.07, 6.45) is 1.12. The molecule has 1 unspecified atom stereocenters. The second-order valence-corrected chi connectivity index (χ2v) is 6.02. The molecule has 0 aliphatic carbocycles. The molecule has 142 valence electrons. The van der Waals surface area contributed by atoms with Crippen molar-refractivity contribution in [2.75, 3.05) is 40.5 Å². The predicted molar refractivity (Wildman–Crippen MR) is 109 cm³/mol. The van der Waals surface area contributed by atoms with Crippen LogP contribution in [0.4, 0.5) is 4.39 Å². The zero-order chi connectivity index (χ0) is 17.4. The Morgan fingerprint density at radius 1 is 1.44 bits per heavy atom. The van der Waals surface area contributed by atoms with Crippen LogP contribution in [0.15, 0.2) is 23.2 Å². The van der Waals surface area contributed by atoms with E-state index in [1.165, 1.54) is 6.07 Å². The van der Waals surface area contributed by atoms with Gasteiger partial charge in [-0.2, -0.15) is 0 Å². The second kappa shape index (κ2) is 11.6. The molecule has 0 bridgehead atoms. The molecule has 25 heavy (non-hydrogen) atoms. The van der Waals surface area contributed by atoms with Gasteiger partial charge in [0.25, 0.3) is 0 Å². The second-order valence-electron chi connectivity index (χ2n) is 6.02. The van der Waals surface area contributed by atoms with Crippen molar-refractivity contribution in [3.63, 3.8) is 0 Å². The minimum Gasteiger partial charge on any atom is -0.381 e. The average molecular weight is 465 g/mol. The molecule has 1 aliphatic rings. The van der Waals surface area contributed by atoms with E-state index in [0.29, 0.717) is 18.0 Å². The summed E-state index contributed by atoms with van der Waals surface area (Å²) in [7, 11) is 3.36. The number of methoxy groups -OCH3 is 1. The Kier molecular flexibility index (Phi) is 10.3. The van der Waals surface area contributed by atoms with Crippen LogP contribution in [-0.2, 0) is 22.6 Å². The molecular weight excluding hydrogens is 436 g/mol. The van der Waals surface area contributed by atoms with E-state index in [1.54, 1.807) is 20.2 Å². The fraction of sp³-hybridized carbons (Fsp3) is 0.611. The fourth-order valence-corrected chi connectivity index (χ4v) is 2.96. The molecule has 0 aromatic heterocycles. The van der Waals surface area contributed by atoms with E-state index in [1.807, 2.05) is 13.0 Å². The Hall–Kier alpha value is -0.930. The lowest BCUT2D eigenvalue weighted by molar-refractivity contribution is 0.114. The third-order valence-corrected chi connectivity index (χ3v) is 4.22. The van der Waals surface area contributed by atoms with Crippen LogP contribution < -0.4 is 5.32 Å². The summed E-state index contributed by atoms with van der Waals surface area (Å²) in [6, 6.07) is 5.11. The van der Waals surface area contributed by atoms with Crippen molar-refractivity contribution in [2.45, 2.75) is 26.5 Å².